The third-order valence-electron chi connectivity index (χ3n) is 2.22. The van der Waals surface area contributed by atoms with Crippen molar-refractivity contribution in [2.75, 3.05) is 19.6 Å². The van der Waals surface area contributed by atoms with E-state index in [1.807, 2.05) is 18.7 Å². The molecule has 0 aromatic rings. The summed E-state index contributed by atoms with van der Waals surface area (Å²) in [5.41, 5.74) is 0. The molecule has 0 aromatic heterocycles. The van der Waals surface area contributed by atoms with Crippen LogP contribution in [0.1, 0.15) is 20.3 Å². The van der Waals surface area contributed by atoms with E-state index in [0.29, 0.717) is 6.54 Å². The molecule has 0 radical (unpaired) electrons. The first-order chi connectivity index (χ1) is 6.52. The van der Waals surface area contributed by atoms with Crippen LogP contribution in [0, 0.1) is 5.92 Å². The first-order valence-electron chi connectivity index (χ1n) is 4.70. The normalized spacial score (nSPS) is 10.9. The van der Waals surface area contributed by atoms with Crippen LogP contribution in [0.4, 0.5) is 0 Å². The van der Waals surface area contributed by atoms with E-state index in [4.69, 9.17) is 10.2 Å². The summed E-state index contributed by atoms with van der Waals surface area (Å²) in [6.07, 6.45) is 0.159. The molecule has 0 fully saturated rings. The lowest BCUT2D eigenvalue weighted by Gasteiger charge is -2.18. The fourth-order valence-corrected chi connectivity index (χ4v) is 1.20. The van der Waals surface area contributed by atoms with Gasteiger partial charge in [-0.2, -0.15) is 0 Å². The monoisotopic (exact) mass is 203 g/mol. The molecule has 0 amide bonds. The molecule has 0 aliphatic heterocycles. The molecule has 82 valence electrons. The molecule has 0 saturated carbocycles. The minimum absolute atomic E-state index is 0.159. The number of hydrogen-bond donors (Lipinski definition) is 2. The van der Waals surface area contributed by atoms with Gasteiger partial charge in [0, 0.05) is 0 Å². The zero-order chi connectivity index (χ0) is 11.1. The van der Waals surface area contributed by atoms with Crippen molar-refractivity contribution in [3.63, 3.8) is 0 Å². The lowest BCUT2D eigenvalue weighted by Crippen LogP contribution is -2.31. The molecule has 0 spiro atoms. The van der Waals surface area contributed by atoms with Crippen molar-refractivity contribution in [2.24, 2.45) is 5.92 Å². The fourth-order valence-electron chi connectivity index (χ4n) is 1.20. The summed E-state index contributed by atoms with van der Waals surface area (Å²) in [6, 6.07) is 0. The van der Waals surface area contributed by atoms with E-state index >= 15 is 0 Å². The van der Waals surface area contributed by atoms with Crippen LogP contribution < -0.4 is 0 Å². The van der Waals surface area contributed by atoms with Crippen molar-refractivity contribution >= 4 is 11.9 Å². The van der Waals surface area contributed by atoms with Crippen LogP contribution in [-0.4, -0.2) is 46.7 Å². The topological polar surface area (TPSA) is 77.8 Å². The van der Waals surface area contributed by atoms with Gasteiger partial charge in [-0.3, -0.25) is 9.59 Å². The molecule has 5 nitrogen and oxygen atoms in total. The Labute approximate surface area is 83.3 Å². The Bertz CT molecular complexity index is 187. The van der Waals surface area contributed by atoms with Crippen molar-refractivity contribution in [1.82, 2.24) is 4.90 Å². The molecule has 0 bridgehead atoms. The van der Waals surface area contributed by atoms with Crippen molar-refractivity contribution in [1.29, 1.82) is 0 Å². The molecule has 2 N–H and O–H groups in total. The van der Waals surface area contributed by atoms with Gasteiger partial charge in [0.15, 0.2) is 5.92 Å². The summed E-state index contributed by atoms with van der Waals surface area (Å²) in [5.74, 6) is -3.80. The van der Waals surface area contributed by atoms with Crippen LogP contribution in [-0.2, 0) is 9.59 Å². The van der Waals surface area contributed by atoms with Gasteiger partial charge in [0.2, 0.25) is 0 Å². The number of carboxylic acid groups (broad SMARTS) is 2. The van der Waals surface area contributed by atoms with Crippen LogP contribution in [0.5, 0.6) is 0 Å². The van der Waals surface area contributed by atoms with Gasteiger partial charge < -0.3 is 15.1 Å². The molecule has 0 saturated heterocycles. The number of carbonyl (C=O) groups is 2. The third-order valence-corrected chi connectivity index (χ3v) is 2.22. The Morgan fingerprint density at radius 3 is 1.86 bits per heavy atom. The van der Waals surface area contributed by atoms with Gasteiger partial charge in [0.25, 0.3) is 0 Å². The predicted molar refractivity (Wildman–Crippen MR) is 51.2 cm³/mol. The average molecular weight is 203 g/mol. The first kappa shape index (κ1) is 12.9. The largest absolute Gasteiger partial charge is 0.481 e. The van der Waals surface area contributed by atoms with Crippen molar-refractivity contribution in [2.45, 2.75) is 20.3 Å². The van der Waals surface area contributed by atoms with Gasteiger partial charge in [-0.15, -0.1) is 0 Å². The molecule has 0 heterocycles. The summed E-state index contributed by atoms with van der Waals surface area (Å²) in [5, 5.41) is 17.2. The summed E-state index contributed by atoms with van der Waals surface area (Å²) in [6.45, 7) is 6.04. The standard InChI is InChI=1S/C9H17NO4/c1-3-10(4-2)6-5-7(8(11)12)9(13)14/h7H,3-6H2,1-2H3,(H,11,12)(H,13,14). The molecule has 0 aromatic carbocycles. The maximum atomic E-state index is 10.5. The molecule has 0 aliphatic carbocycles. The summed E-state index contributed by atoms with van der Waals surface area (Å²) in [7, 11) is 0. The van der Waals surface area contributed by atoms with E-state index in [2.05, 4.69) is 0 Å². The highest BCUT2D eigenvalue weighted by Gasteiger charge is 2.25. The number of aliphatic carboxylic acids is 2. The SMILES string of the molecule is CCN(CC)CCC(C(=O)O)C(=O)O. The number of rotatable bonds is 7. The van der Waals surface area contributed by atoms with Crippen molar-refractivity contribution < 1.29 is 19.8 Å². The smallest absolute Gasteiger partial charge is 0.317 e. The van der Waals surface area contributed by atoms with Crippen LogP contribution in [0.15, 0.2) is 0 Å². The highest BCUT2D eigenvalue weighted by atomic mass is 16.4. The minimum Gasteiger partial charge on any atom is -0.481 e. The molecular weight excluding hydrogens is 186 g/mol. The van der Waals surface area contributed by atoms with Crippen LogP contribution in [0.3, 0.4) is 0 Å². The summed E-state index contributed by atoms with van der Waals surface area (Å²) < 4.78 is 0. The van der Waals surface area contributed by atoms with Gasteiger partial charge in [-0.1, -0.05) is 13.8 Å². The van der Waals surface area contributed by atoms with E-state index in [1.54, 1.807) is 0 Å². The van der Waals surface area contributed by atoms with Crippen LogP contribution in [0.25, 0.3) is 0 Å². The van der Waals surface area contributed by atoms with Crippen LogP contribution >= 0.6 is 0 Å². The van der Waals surface area contributed by atoms with E-state index < -0.39 is 17.9 Å². The Morgan fingerprint density at radius 2 is 1.57 bits per heavy atom. The second-order valence-corrected chi connectivity index (χ2v) is 3.04. The first-order valence-corrected chi connectivity index (χ1v) is 4.70. The quantitative estimate of drug-likeness (QED) is 0.589. The second-order valence-electron chi connectivity index (χ2n) is 3.04. The molecular formula is C9H17NO4. The van der Waals surface area contributed by atoms with Crippen LogP contribution in [0.2, 0.25) is 0 Å². The molecule has 5 heteroatoms. The molecule has 0 aliphatic rings. The van der Waals surface area contributed by atoms with E-state index in [1.165, 1.54) is 0 Å². The molecule has 0 unspecified atom stereocenters. The van der Waals surface area contributed by atoms with Gasteiger partial charge in [0.05, 0.1) is 0 Å². The molecule has 0 rings (SSSR count). The maximum Gasteiger partial charge on any atom is 0.317 e. The average Bonchev–Trinajstić information content (AvgIpc) is 2.11. The minimum atomic E-state index is -1.28. The number of hydrogen-bond acceptors (Lipinski definition) is 3. The van der Waals surface area contributed by atoms with E-state index in [0.717, 1.165) is 13.1 Å². The lowest BCUT2D eigenvalue weighted by atomic mass is 10.1. The van der Waals surface area contributed by atoms with Crippen molar-refractivity contribution in [3.05, 3.63) is 0 Å². The molecule has 14 heavy (non-hydrogen) atoms. The van der Waals surface area contributed by atoms with E-state index in [9.17, 15) is 9.59 Å². The highest BCUT2D eigenvalue weighted by Crippen LogP contribution is 2.05. The fraction of sp³-hybridized carbons (Fsp3) is 0.778. The third kappa shape index (κ3) is 4.23. The Kier molecular flexibility index (Phi) is 5.87. The zero-order valence-electron chi connectivity index (χ0n) is 8.56. The maximum absolute atomic E-state index is 10.5. The van der Waals surface area contributed by atoms with Crippen molar-refractivity contribution in [3.8, 4) is 0 Å². The van der Waals surface area contributed by atoms with Gasteiger partial charge in [-0.05, 0) is 26.1 Å². The second kappa shape index (κ2) is 6.37. The number of carboxylic acids is 2. The van der Waals surface area contributed by atoms with Gasteiger partial charge >= 0.3 is 11.9 Å². The lowest BCUT2D eigenvalue weighted by molar-refractivity contribution is -0.154. The Hall–Kier alpha value is -1.10. The predicted octanol–water partition coefficient (Wildman–Crippen LogP) is 0.504. The Balaban J connectivity index is 4.06. The highest BCUT2D eigenvalue weighted by molar-refractivity contribution is 5.92. The summed E-state index contributed by atoms with van der Waals surface area (Å²) >= 11 is 0. The van der Waals surface area contributed by atoms with Gasteiger partial charge in [0.1, 0.15) is 0 Å². The summed E-state index contributed by atoms with van der Waals surface area (Å²) in [4.78, 5) is 23.1. The Morgan fingerprint density at radius 1 is 1.14 bits per heavy atom. The number of nitrogens with zero attached hydrogens (tertiary/aromatic N) is 1. The van der Waals surface area contributed by atoms with Gasteiger partial charge in [-0.25, -0.2) is 0 Å². The van der Waals surface area contributed by atoms with E-state index in [-0.39, 0.29) is 6.42 Å². The molecule has 0 atom stereocenters. The zero-order valence-corrected chi connectivity index (χ0v) is 8.56.